The highest BCUT2D eigenvalue weighted by atomic mass is 19.1. The zero-order valence-corrected chi connectivity index (χ0v) is 16.3. The highest BCUT2D eigenvalue weighted by Crippen LogP contribution is 2.41. The molecule has 4 rings (SSSR count). The number of nitrogen functional groups attached to an aromatic ring is 1. The fourth-order valence-electron chi connectivity index (χ4n) is 3.34. The number of nitrogens with zero attached hydrogens (tertiary/aromatic N) is 4. The molecule has 1 aliphatic carbocycles. The van der Waals surface area contributed by atoms with Crippen LogP contribution in [0.4, 0.5) is 32.2 Å². The summed E-state index contributed by atoms with van der Waals surface area (Å²) in [6, 6.07) is 6.75. The number of hydrogen-bond donors (Lipinski definition) is 3. The van der Waals surface area contributed by atoms with Crippen LogP contribution >= 0.6 is 0 Å². The summed E-state index contributed by atoms with van der Waals surface area (Å²) in [5.41, 5.74) is 7.39. The third kappa shape index (κ3) is 4.28. The molecule has 2 heterocycles. The van der Waals surface area contributed by atoms with Crippen LogP contribution in [0.25, 0.3) is 0 Å². The Hall–Kier alpha value is -3.23. The van der Waals surface area contributed by atoms with E-state index in [0.717, 1.165) is 12.6 Å². The van der Waals surface area contributed by atoms with Crippen molar-refractivity contribution in [3.05, 3.63) is 53.2 Å². The normalized spacial score (nSPS) is 14.6. The number of benzene rings is 1. The molecule has 1 aromatic carbocycles. The largest absolute Gasteiger partial charge is 0.368 e. The fraction of sp³-hybridized carbons (Fsp3) is 0.350. The van der Waals surface area contributed by atoms with Gasteiger partial charge in [-0.2, -0.15) is 15.1 Å². The van der Waals surface area contributed by atoms with E-state index >= 15 is 0 Å². The molecule has 0 aliphatic heterocycles. The molecule has 0 amide bonds. The van der Waals surface area contributed by atoms with Gasteiger partial charge in [0.05, 0.1) is 6.04 Å². The molecular formula is C20H23F2N7. The molecule has 2 aromatic heterocycles. The zero-order chi connectivity index (χ0) is 20.5. The van der Waals surface area contributed by atoms with E-state index in [1.165, 1.54) is 30.7 Å². The third-order valence-corrected chi connectivity index (χ3v) is 4.90. The number of aryl methyl sites for hydroxylation is 1. The molecule has 4 N–H and O–H groups in total. The van der Waals surface area contributed by atoms with E-state index in [2.05, 4.69) is 32.6 Å². The van der Waals surface area contributed by atoms with Crippen molar-refractivity contribution in [1.29, 1.82) is 0 Å². The van der Waals surface area contributed by atoms with E-state index < -0.39 is 17.7 Å². The second kappa shape index (κ2) is 7.65. The van der Waals surface area contributed by atoms with Crippen molar-refractivity contribution in [2.45, 2.75) is 45.2 Å². The van der Waals surface area contributed by atoms with Gasteiger partial charge in [0, 0.05) is 41.9 Å². The Bertz CT molecular complexity index is 1030. The van der Waals surface area contributed by atoms with Crippen LogP contribution in [0.1, 0.15) is 49.9 Å². The van der Waals surface area contributed by atoms with Crippen molar-refractivity contribution in [2.24, 2.45) is 0 Å². The highest BCUT2D eigenvalue weighted by Gasteiger charge is 2.27. The second-order valence-electron chi connectivity index (χ2n) is 7.20. The summed E-state index contributed by atoms with van der Waals surface area (Å²) in [7, 11) is 0. The molecule has 152 valence electrons. The Morgan fingerprint density at radius 2 is 1.90 bits per heavy atom. The summed E-state index contributed by atoms with van der Waals surface area (Å²) in [4.78, 5) is 8.36. The number of rotatable bonds is 7. The van der Waals surface area contributed by atoms with Gasteiger partial charge in [-0.25, -0.2) is 8.78 Å². The van der Waals surface area contributed by atoms with Crippen molar-refractivity contribution in [3.8, 4) is 0 Å². The first-order chi connectivity index (χ1) is 13.9. The summed E-state index contributed by atoms with van der Waals surface area (Å²) in [5.74, 6) is 1.01. The molecule has 1 fully saturated rings. The number of aromatic nitrogens is 4. The maximum atomic E-state index is 14.0. The first kappa shape index (κ1) is 19.1. The lowest BCUT2D eigenvalue weighted by atomic mass is 10.1. The maximum absolute atomic E-state index is 14.0. The predicted molar refractivity (Wildman–Crippen MR) is 108 cm³/mol. The Morgan fingerprint density at radius 3 is 2.59 bits per heavy atom. The van der Waals surface area contributed by atoms with E-state index in [4.69, 9.17) is 5.73 Å². The molecule has 1 aliphatic rings. The van der Waals surface area contributed by atoms with Gasteiger partial charge in [0.1, 0.15) is 23.3 Å². The Labute approximate surface area is 167 Å². The van der Waals surface area contributed by atoms with E-state index in [0.29, 0.717) is 28.9 Å². The van der Waals surface area contributed by atoms with Gasteiger partial charge in [-0.05, 0) is 32.8 Å². The van der Waals surface area contributed by atoms with Crippen LogP contribution in [0, 0.1) is 11.6 Å². The standard InChI is InChI=1S/C20H23F2N7/c1-3-29-16(12-4-5-12)9-19(28-29)25-18-10-17(26-20(23)27-18)24-11(2)14-7-6-13(21)8-15(14)22/h6-12H,3-5H2,1-2H3,(H4,23,24,25,26,27,28). The molecule has 0 spiro atoms. The minimum Gasteiger partial charge on any atom is -0.368 e. The smallest absolute Gasteiger partial charge is 0.223 e. The van der Waals surface area contributed by atoms with Gasteiger partial charge in [-0.1, -0.05) is 6.07 Å². The van der Waals surface area contributed by atoms with E-state index in [1.54, 1.807) is 13.0 Å². The predicted octanol–water partition coefficient (Wildman–Crippen LogP) is 4.35. The summed E-state index contributed by atoms with van der Waals surface area (Å²) in [6.45, 7) is 4.61. The van der Waals surface area contributed by atoms with Gasteiger partial charge in [0.25, 0.3) is 0 Å². The average molecular weight is 399 g/mol. The van der Waals surface area contributed by atoms with Crippen LogP contribution in [-0.2, 0) is 6.54 Å². The molecule has 9 heteroatoms. The lowest BCUT2D eigenvalue weighted by molar-refractivity contribution is 0.566. The minimum absolute atomic E-state index is 0.0709. The molecular weight excluding hydrogens is 376 g/mol. The molecule has 29 heavy (non-hydrogen) atoms. The topological polar surface area (TPSA) is 93.7 Å². The van der Waals surface area contributed by atoms with E-state index in [1.807, 2.05) is 10.7 Å². The van der Waals surface area contributed by atoms with Crippen LogP contribution in [0.2, 0.25) is 0 Å². The van der Waals surface area contributed by atoms with Crippen molar-refractivity contribution in [3.63, 3.8) is 0 Å². The van der Waals surface area contributed by atoms with E-state index in [-0.39, 0.29) is 5.95 Å². The molecule has 1 unspecified atom stereocenters. The van der Waals surface area contributed by atoms with Crippen molar-refractivity contribution in [1.82, 2.24) is 19.7 Å². The molecule has 0 saturated heterocycles. The quantitative estimate of drug-likeness (QED) is 0.547. The SMILES string of the molecule is CCn1nc(Nc2cc(NC(C)c3ccc(F)cc3F)nc(N)n2)cc1C1CC1. The summed E-state index contributed by atoms with van der Waals surface area (Å²) in [5, 5.41) is 10.8. The molecule has 0 radical (unpaired) electrons. The first-order valence-corrected chi connectivity index (χ1v) is 9.63. The number of halogens is 2. The fourth-order valence-corrected chi connectivity index (χ4v) is 3.34. The van der Waals surface area contributed by atoms with Crippen LogP contribution in [0.3, 0.4) is 0 Å². The van der Waals surface area contributed by atoms with E-state index in [9.17, 15) is 8.78 Å². The van der Waals surface area contributed by atoms with Crippen LogP contribution in [0.15, 0.2) is 30.3 Å². The van der Waals surface area contributed by atoms with Gasteiger partial charge < -0.3 is 16.4 Å². The maximum Gasteiger partial charge on any atom is 0.223 e. The summed E-state index contributed by atoms with van der Waals surface area (Å²) < 4.78 is 29.2. The number of nitrogens with one attached hydrogen (secondary N) is 2. The lowest BCUT2D eigenvalue weighted by Crippen LogP contribution is -2.12. The molecule has 7 nitrogen and oxygen atoms in total. The second-order valence-corrected chi connectivity index (χ2v) is 7.20. The average Bonchev–Trinajstić information content (AvgIpc) is 3.42. The van der Waals surface area contributed by atoms with Crippen molar-refractivity contribution in [2.75, 3.05) is 16.4 Å². The minimum atomic E-state index is -0.622. The molecule has 0 bridgehead atoms. The number of hydrogen-bond acceptors (Lipinski definition) is 6. The zero-order valence-electron chi connectivity index (χ0n) is 16.3. The van der Waals surface area contributed by atoms with Gasteiger partial charge in [-0.3, -0.25) is 4.68 Å². The number of nitrogens with two attached hydrogens (primary N) is 1. The Kier molecular flexibility index (Phi) is 5.04. The molecule has 1 saturated carbocycles. The van der Waals surface area contributed by atoms with Gasteiger partial charge in [-0.15, -0.1) is 0 Å². The first-order valence-electron chi connectivity index (χ1n) is 9.63. The Morgan fingerprint density at radius 1 is 1.14 bits per heavy atom. The number of anilines is 4. The van der Waals surface area contributed by atoms with Gasteiger partial charge in [0.2, 0.25) is 5.95 Å². The highest BCUT2D eigenvalue weighted by molar-refractivity contribution is 5.59. The van der Waals surface area contributed by atoms with Crippen molar-refractivity contribution >= 4 is 23.4 Å². The van der Waals surface area contributed by atoms with Crippen LogP contribution in [0.5, 0.6) is 0 Å². The molecule has 3 aromatic rings. The van der Waals surface area contributed by atoms with Gasteiger partial charge >= 0.3 is 0 Å². The third-order valence-electron chi connectivity index (χ3n) is 4.90. The van der Waals surface area contributed by atoms with Crippen LogP contribution in [-0.4, -0.2) is 19.7 Å². The Balaban J connectivity index is 1.53. The van der Waals surface area contributed by atoms with Gasteiger partial charge in [0.15, 0.2) is 5.82 Å². The van der Waals surface area contributed by atoms with Crippen molar-refractivity contribution < 1.29 is 8.78 Å². The monoisotopic (exact) mass is 399 g/mol. The van der Waals surface area contributed by atoms with Crippen LogP contribution < -0.4 is 16.4 Å². The summed E-state index contributed by atoms with van der Waals surface area (Å²) in [6.07, 6.45) is 2.38. The molecule has 1 atom stereocenters. The summed E-state index contributed by atoms with van der Waals surface area (Å²) >= 11 is 0. The lowest BCUT2D eigenvalue weighted by Gasteiger charge is -2.16.